The van der Waals surface area contributed by atoms with E-state index in [2.05, 4.69) is 10.3 Å². The standard InChI is InChI=1S/C14H12ClN3O3S/c1-8-7-22-13(16-8)17-12(19)4-5-18-10-3-2-9(15)6-11(10)21-14(18)20/h2-3,6-7H,4-5H2,1H3,(H,16,17,19). The van der Waals surface area contributed by atoms with Gasteiger partial charge < -0.3 is 9.73 Å². The van der Waals surface area contributed by atoms with Gasteiger partial charge in [0.1, 0.15) is 0 Å². The molecule has 0 spiro atoms. The average Bonchev–Trinajstić information content (AvgIpc) is 2.99. The summed E-state index contributed by atoms with van der Waals surface area (Å²) < 4.78 is 6.53. The molecule has 2 aromatic heterocycles. The topological polar surface area (TPSA) is 77.1 Å². The number of hydrogen-bond acceptors (Lipinski definition) is 5. The Balaban J connectivity index is 1.72. The van der Waals surface area contributed by atoms with Crippen molar-refractivity contribution in [3.05, 3.63) is 44.8 Å². The number of halogens is 1. The number of carbonyl (C=O) groups is 1. The molecule has 0 saturated heterocycles. The fraction of sp³-hybridized carbons (Fsp3) is 0.214. The van der Waals surface area contributed by atoms with Gasteiger partial charge in [0.2, 0.25) is 5.91 Å². The molecular formula is C14H12ClN3O3S. The Labute approximate surface area is 134 Å². The molecule has 0 fully saturated rings. The molecule has 0 saturated carbocycles. The molecule has 1 aromatic carbocycles. The van der Waals surface area contributed by atoms with Gasteiger partial charge in [-0.1, -0.05) is 11.6 Å². The minimum Gasteiger partial charge on any atom is -0.408 e. The first-order chi connectivity index (χ1) is 10.5. The van der Waals surface area contributed by atoms with Gasteiger partial charge in [0.25, 0.3) is 0 Å². The summed E-state index contributed by atoms with van der Waals surface area (Å²) in [4.78, 5) is 27.9. The van der Waals surface area contributed by atoms with Crippen molar-refractivity contribution < 1.29 is 9.21 Å². The zero-order chi connectivity index (χ0) is 15.7. The molecule has 22 heavy (non-hydrogen) atoms. The molecule has 1 N–H and O–H groups in total. The Hall–Kier alpha value is -2.12. The third-order valence-electron chi connectivity index (χ3n) is 3.06. The van der Waals surface area contributed by atoms with Crippen LogP contribution in [-0.2, 0) is 11.3 Å². The van der Waals surface area contributed by atoms with Crippen LogP contribution in [0.4, 0.5) is 5.13 Å². The van der Waals surface area contributed by atoms with Crippen LogP contribution in [0.3, 0.4) is 0 Å². The fourth-order valence-electron chi connectivity index (χ4n) is 2.06. The first kappa shape index (κ1) is 14.8. The van der Waals surface area contributed by atoms with Crippen molar-refractivity contribution in [1.82, 2.24) is 9.55 Å². The summed E-state index contributed by atoms with van der Waals surface area (Å²) in [5.74, 6) is -0.709. The predicted molar refractivity (Wildman–Crippen MR) is 85.6 cm³/mol. The highest BCUT2D eigenvalue weighted by atomic mass is 35.5. The number of amides is 1. The van der Waals surface area contributed by atoms with Crippen LogP contribution in [0, 0.1) is 6.92 Å². The first-order valence-corrected chi connectivity index (χ1v) is 7.79. The maximum absolute atomic E-state index is 11.9. The highest BCUT2D eigenvalue weighted by Crippen LogP contribution is 2.19. The average molecular weight is 338 g/mol. The van der Waals surface area contributed by atoms with Crippen molar-refractivity contribution in [2.45, 2.75) is 19.9 Å². The number of aromatic nitrogens is 2. The number of nitrogens with zero attached hydrogens (tertiary/aromatic N) is 2. The van der Waals surface area contributed by atoms with Crippen molar-refractivity contribution >= 4 is 45.1 Å². The number of carbonyl (C=O) groups excluding carboxylic acids is 1. The first-order valence-electron chi connectivity index (χ1n) is 6.54. The molecule has 0 radical (unpaired) electrons. The molecule has 0 unspecified atom stereocenters. The summed E-state index contributed by atoms with van der Waals surface area (Å²) in [5, 5.41) is 5.60. The quantitative estimate of drug-likeness (QED) is 0.793. The number of fused-ring (bicyclic) bond motifs is 1. The maximum atomic E-state index is 11.9. The predicted octanol–water partition coefficient (Wildman–Crippen LogP) is 3.04. The molecule has 2 heterocycles. The van der Waals surface area contributed by atoms with Crippen LogP contribution in [0.5, 0.6) is 0 Å². The summed E-state index contributed by atoms with van der Waals surface area (Å²) in [7, 11) is 0. The third-order valence-corrected chi connectivity index (χ3v) is 4.17. The summed E-state index contributed by atoms with van der Waals surface area (Å²) in [5.41, 5.74) is 1.88. The van der Waals surface area contributed by atoms with Crippen molar-refractivity contribution in [2.75, 3.05) is 5.32 Å². The maximum Gasteiger partial charge on any atom is 0.419 e. The fourth-order valence-corrected chi connectivity index (χ4v) is 2.92. The smallest absolute Gasteiger partial charge is 0.408 e. The lowest BCUT2D eigenvalue weighted by atomic mass is 10.3. The second kappa shape index (κ2) is 5.94. The Morgan fingerprint density at radius 3 is 3.05 bits per heavy atom. The normalized spacial score (nSPS) is 11.0. The molecule has 0 aliphatic carbocycles. The minimum absolute atomic E-state index is 0.149. The van der Waals surface area contributed by atoms with Gasteiger partial charge in [-0.05, 0) is 19.1 Å². The second-order valence-electron chi connectivity index (χ2n) is 4.72. The van der Waals surface area contributed by atoms with E-state index in [0.717, 1.165) is 5.69 Å². The van der Waals surface area contributed by atoms with E-state index in [9.17, 15) is 9.59 Å². The molecular weight excluding hydrogens is 326 g/mol. The SMILES string of the molecule is Cc1csc(NC(=O)CCn2c(=O)oc3cc(Cl)ccc32)n1. The van der Waals surface area contributed by atoms with Crippen molar-refractivity contribution in [1.29, 1.82) is 0 Å². The Bertz CT molecular complexity index is 896. The molecule has 8 heteroatoms. The van der Waals surface area contributed by atoms with E-state index >= 15 is 0 Å². The summed E-state index contributed by atoms with van der Waals surface area (Å²) in [6, 6.07) is 4.95. The van der Waals surface area contributed by atoms with Crippen LogP contribution in [0.15, 0.2) is 32.8 Å². The molecule has 1 amide bonds. The monoisotopic (exact) mass is 337 g/mol. The highest BCUT2D eigenvalue weighted by Gasteiger charge is 2.12. The van der Waals surface area contributed by atoms with E-state index in [4.69, 9.17) is 16.0 Å². The minimum atomic E-state index is -0.504. The van der Waals surface area contributed by atoms with Gasteiger partial charge in [0.05, 0.1) is 11.2 Å². The van der Waals surface area contributed by atoms with Gasteiger partial charge in [0, 0.05) is 29.4 Å². The number of nitrogens with one attached hydrogen (secondary N) is 1. The van der Waals surface area contributed by atoms with Gasteiger partial charge in [0.15, 0.2) is 10.7 Å². The number of thiazole rings is 1. The van der Waals surface area contributed by atoms with Gasteiger partial charge in [-0.25, -0.2) is 9.78 Å². The number of oxazole rings is 1. The molecule has 0 bridgehead atoms. The van der Waals surface area contributed by atoms with Crippen LogP contribution < -0.4 is 11.1 Å². The van der Waals surface area contributed by atoms with Crippen LogP contribution in [0.2, 0.25) is 5.02 Å². The lowest BCUT2D eigenvalue weighted by Crippen LogP contribution is -2.19. The number of rotatable bonds is 4. The molecule has 0 aliphatic heterocycles. The van der Waals surface area contributed by atoms with Crippen molar-refractivity contribution in [3.8, 4) is 0 Å². The molecule has 0 aliphatic rings. The van der Waals surface area contributed by atoms with Crippen LogP contribution in [-0.4, -0.2) is 15.5 Å². The number of anilines is 1. The Morgan fingerprint density at radius 1 is 1.50 bits per heavy atom. The molecule has 6 nitrogen and oxygen atoms in total. The lowest BCUT2D eigenvalue weighted by Gasteiger charge is -2.03. The third kappa shape index (κ3) is 3.05. The van der Waals surface area contributed by atoms with E-state index in [1.165, 1.54) is 15.9 Å². The summed E-state index contributed by atoms with van der Waals surface area (Å²) >= 11 is 7.22. The number of aryl methyl sites for hydroxylation is 2. The van der Waals surface area contributed by atoms with E-state index in [1.807, 2.05) is 12.3 Å². The molecule has 3 rings (SSSR count). The second-order valence-corrected chi connectivity index (χ2v) is 6.02. The van der Waals surface area contributed by atoms with Crippen molar-refractivity contribution in [2.24, 2.45) is 0 Å². The van der Waals surface area contributed by atoms with Gasteiger partial charge in [-0.3, -0.25) is 9.36 Å². The molecule has 114 valence electrons. The lowest BCUT2D eigenvalue weighted by molar-refractivity contribution is -0.116. The van der Waals surface area contributed by atoms with Gasteiger partial charge in [-0.15, -0.1) is 11.3 Å². The summed E-state index contributed by atoms with van der Waals surface area (Å²) in [6.45, 7) is 2.08. The number of benzene rings is 1. The molecule has 0 atom stereocenters. The highest BCUT2D eigenvalue weighted by molar-refractivity contribution is 7.13. The zero-order valence-corrected chi connectivity index (χ0v) is 13.2. The van der Waals surface area contributed by atoms with E-state index < -0.39 is 5.76 Å². The van der Waals surface area contributed by atoms with E-state index in [1.54, 1.807) is 18.2 Å². The van der Waals surface area contributed by atoms with Gasteiger partial charge in [-0.2, -0.15) is 0 Å². The summed E-state index contributed by atoms with van der Waals surface area (Å²) in [6.07, 6.45) is 0.149. The van der Waals surface area contributed by atoms with E-state index in [-0.39, 0.29) is 18.9 Å². The Morgan fingerprint density at radius 2 is 2.32 bits per heavy atom. The molecule has 3 aromatic rings. The zero-order valence-electron chi connectivity index (χ0n) is 11.6. The van der Waals surface area contributed by atoms with Gasteiger partial charge >= 0.3 is 5.76 Å². The number of hydrogen-bond donors (Lipinski definition) is 1. The van der Waals surface area contributed by atoms with Crippen molar-refractivity contribution in [3.63, 3.8) is 0 Å². The van der Waals surface area contributed by atoms with E-state index in [0.29, 0.717) is 21.3 Å². The largest absolute Gasteiger partial charge is 0.419 e. The van der Waals surface area contributed by atoms with Crippen LogP contribution in [0.1, 0.15) is 12.1 Å². The van der Waals surface area contributed by atoms with Crippen LogP contribution >= 0.6 is 22.9 Å². The Kier molecular flexibility index (Phi) is 4.00. The van der Waals surface area contributed by atoms with Crippen LogP contribution in [0.25, 0.3) is 11.1 Å².